The van der Waals surface area contributed by atoms with Crippen molar-refractivity contribution in [2.24, 2.45) is 7.05 Å². The van der Waals surface area contributed by atoms with Gasteiger partial charge in [-0.3, -0.25) is 14.3 Å². The molecule has 8 nitrogen and oxygen atoms in total. The Hall–Kier alpha value is -3.13. The zero-order valence-electron chi connectivity index (χ0n) is 16.3. The van der Waals surface area contributed by atoms with Crippen molar-refractivity contribution in [2.75, 3.05) is 31.6 Å². The van der Waals surface area contributed by atoms with E-state index in [4.69, 9.17) is 4.74 Å². The van der Waals surface area contributed by atoms with E-state index in [1.165, 1.54) is 4.57 Å². The Morgan fingerprint density at radius 2 is 2.00 bits per heavy atom. The third-order valence-electron chi connectivity index (χ3n) is 6.22. The van der Waals surface area contributed by atoms with E-state index in [2.05, 4.69) is 26.3 Å². The number of carbonyl (C=O) groups is 1. The minimum Gasteiger partial charge on any atom is -0.491 e. The first-order valence-corrected chi connectivity index (χ1v) is 9.88. The van der Waals surface area contributed by atoms with E-state index in [-0.39, 0.29) is 17.0 Å². The summed E-state index contributed by atoms with van der Waals surface area (Å²) in [4.78, 5) is 33.7. The number of benzene rings is 1. The van der Waals surface area contributed by atoms with Crippen molar-refractivity contribution in [1.29, 1.82) is 0 Å². The molecule has 2 N–H and O–H groups in total. The number of nitrogens with zero attached hydrogens (tertiary/aromatic N) is 3. The van der Waals surface area contributed by atoms with Gasteiger partial charge in [-0.05, 0) is 37.6 Å². The number of para-hydroxylation sites is 1. The van der Waals surface area contributed by atoms with Gasteiger partial charge in [0, 0.05) is 25.3 Å². The maximum Gasteiger partial charge on any atom is 0.327 e. The van der Waals surface area contributed by atoms with E-state index in [9.17, 15) is 9.59 Å². The first-order chi connectivity index (χ1) is 14.1. The van der Waals surface area contributed by atoms with Crippen LogP contribution in [-0.4, -0.2) is 51.6 Å². The zero-order valence-corrected chi connectivity index (χ0v) is 16.3. The molecular formula is C21H23N5O3. The van der Waals surface area contributed by atoms with Crippen molar-refractivity contribution < 1.29 is 9.53 Å². The number of rotatable bonds is 4. The van der Waals surface area contributed by atoms with Crippen LogP contribution in [0, 0.1) is 0 Å². The highest BCUT2D eigenvalue weighted by molar-refractivity contribution is 6.06. The molecule has 150 valence electrons. The molecule has 2 aromatic heterocycles. The number of carbonyl (C=O) groups excluding carboxylic acids is 1. The molecule has 4 heterocycles. The lowest BCUT2D eigenvalue weighted by atomic mass is 9.74. The average molecular weight is 393 g/mol. The van der Waals surface area contributed by atoms with Crippen molar-refractivity contribution >= 4 is 22.8 Å². The number of aromatic nitrogens is 3. The van der Waals surface area contributed by atoms with Gasteiger partial charge in [0.2, 0.25) is 5.91 Å². The van der Waals surface area contributed by atoms with Crippen LogP contribution in [0.15, 0.2) is 41.3 Å². The number of hydrogen-bond donors (Lipinski definition) is 2. The number of fused-ring (bicyclic) bond motifs is 3. The Balaban J connectivity index is 1.19. The topological polar surface area (TPSA) is 92.2 Å². The number of ether oxygens (including phenoxy) is 1. The second kappa shape index (κ2) is 6.73. The van der Waals surface area contributed by atoms with E-state index in [0.717, 1.165) is 43.7 Å². The molecule has 8 heteroatoms. The van der Waals surface area contributed by atoms with E-state index in [1.54, 1.807) is 19.3 Å². The van der Waals surface area contributed by atoms with Crippen LogP contribution in [0.3, 0.4) is 0 Å². The molecule has 1 amide bonds. The van der Waals surface area contributed by atoms with Crippen LogP contribution in [0.5, 0.6) is 5.75 Å². The largest absolute Gasteiger partial charge is 0.491 e. The summed E-state index contributed by atoms with van der Waals surface area (Å²) in [5, 5.41) is 3.04. The van der Waals surface area contributed by atoms with Crippen LogP contribution in [-0.2, 0) is 17.3 Å². The van der Waals surface area contributed by atoms with E-state index < -0.39 is 0 Å². The predicted octanol–water partition coefficient (Wildman–Crippen LogP) is 1.63. The third kappa shape index (κ3) is 2.91. The van der Waals surface area contributed by atoms with Crippen LogP contribution in [0.2, 0.25) is 0 Å². The lowest BCUT2D eigenvalue weighted by molar-refractivity contribution is -0.122. The normalized spacial score (nSPS) is 18.2. The van der Waals surface area contributed by atoms with Crippen LogP contribution in [0.1, 0.15) is 18.4 Å². The number of H-pyrrole nitrogens is 1. The van der Waals surface area contributed by atoms with Gasteiger partial charge in [0.25, 0.3) is 0 Å². The molecule has 1 saturated heterocycles. The summed E-state index contributed by atoms with van der Waals surface area (Å²) in [7, 11) is 1.68. The molecule has 5 rings (SSSR count). The number of amides is 1. The molecule has 2 aliphatic rings. The van der Waals surface area contributed by atoms with Gasteiger partial charge in [-0.25, -0.2) is 9.78 Å². The summed E-state index contributed by atoms with van der Waals surface area (Å²) >= 11 is 0. The smallest absolute Gasteiger partial charge is 0.327 e. The maximum absolute atomic E-state index is 12.7. The van der Waals surface area contributed by atoms with Crippen molar-refractivity contribution in [2.45, 2.75) is 18.3 Å². The fraction of sp³-hybridized carbons (Fsp3) is 0.381. The monoisotopic (exact) mass is 393 g/mol. The number of anilines is 1. The summed E-state index contributed by atoms with van der Waals surface area (Å²) in [6.45, 7) is 3.02. The van der Waals surface area contributed by atoms with Crippen LogP contribution >= 0.6 is 0 Å². The zero-order chi connectivity index (χ0) is 20.0. The third-order valence-corrected chi connectivity index (χ3v) is 6.22. The Labute approximate surface area is 167 Å². The molecule has 1 fully saturated rings. The number of hydrogen-bond acceptors (Lipinski definition) is 5. The molecule has 1 aromatic carbocycles. The number of aryl methyl sites for hydroxylation is 1. The quantitative estimate of drug-likeness (QED) is 0.703. The number of piperidine rings is 1. The number of pyridine rings is 1. The Kier molecular flexibility index (Phi) is 4.16. The Morgan fingerprint density at radius 1 is 1.21 bits per heavy atom. The second-order valence-electron chi connectivity index (χ2n) is 7.80. The van der Waals surface area contributed by atoms with Gasteiger partial charge < -0.3 is 15.0 Å². The molecule has 0 atom stereocenters. The summed E-state index contributed by atoms with van der Waals surface area (Å²) in [5.41, 5.74) is 2.79. The standard InChI is InChI=1S/C21H23N5O3/c1-25-18-17(24-20(25)28)12-14(13-22-18)29-11-10-26-8-6-21(7-9-26)15-4-2-3-5-16(15)23-19(21)27/h2-5,12-13H,6-11H2,1H3,(H,23,27)(H,24,28). The molecule has 3 aromatic rings. The van der Waals surface area contributed by atoms with E-state index in [0.29, 0.717) is 23.5 Å². The highest BCUT2D eigenvalue weighted by atomic mass is 16.5. The summed E-state index contributed by atoms with van der Waals surface area (Å²) in [6, 6.07) is 9.82. The molecule has 0 unspecified atom stereocenters. The van der Waals surface area contributed by atoms with E-state index >= 15 is 0 Å². The first kappa shape index (κ1) is 17.9. The first-order valence-electron chi connectivity index (χ1n) is 9.88. The molecule has 0 bridgehead atoms. The minimum absolute atomic E-state index is 0.130. The Morgan fingerprint density at radius 3 is 2.83 bits per heavy atom. The highest BCUT2D eigenvalue weighted by Crippen LogP contribution is 2.44. The molecule has 0 aliphatic carbocycles. The van der Waals surface area contributed by atoms with Gasteiger partial charge in [-0.1, -0.05) is 18.2 Å². The lowest BCUT2D eigenvalue weighted by Crippen LogP contribution is -2.47. The van der Waals surface area contributed by atoms with Gasteiger partial charge in [-0.2, -0.15) is 0 Å². The summed E-state index contributed by atoms with van der Waals surface area (Å²) in [5.74, 6) is 0.766. The van der Waals surface area contributed by atoms with Crippen molar-refractivity contribution in [3.63, 3.8) is 0 Å². The number of aromatic amines is 1. The van der Waals surface area contributed by atoms with Crippen molar-refractivity contribution in [1.82, 2.24) is 19.4 Å². The van der Waals surface area contributed by atoms with E-state index in [1.807, 2.05) is 18.2 Å². The number of likely N-dealkylation sites (tertiary alicyclic amines) is 1. The molecule has 0 saturated carbocycles. The van der Waals surface area contributed by atoms with Gasteiger partial charge in [0.05, 0.1) is 17.1 Å². The van der Waals surface area contributed by atoms with Gasteiger partial charge in [0.1, 0.15) is 12.4 Å². The fourth-order valence-electron chi connectivity index (χ4n) is 4.49. The SMILES string of the molecule is Cn1c(=O)[nH]c2cc(OCCN3CCC4(CC3)C(=O)Nc3ccccc34)cnc21. The van der Waals surface area contributed by atoms with Crippen LogP contribution in [0.4, 0.5) is 5.69 Å². The molecule has 0 radical (unpaired) electrons. The van der Waals surface area contributed by atoms with Crippen LogP contribution in [0.25, 0.3) is 11.2 Å². The number of nitrogens with one attached hydrogen (secondary N) is 2. The maximum atomic E-state index is 12.7. The Bertz CT molecular complexity index is 1140. The van der Waals surface area contributed by atoms with Crippen LogP contribution < -0.4 is 15.7 Å². The minimum atomic E-state index is -0.387. The van der Waals surface area contributed by atoms with Crippen molar-refractivity contribution in [3.05, 3.63) is 52.6 Å². The molecule has 1 spiro atoms. The summed E-state index contributed by atoms with van der Waals surface area (Å²) < 4.78 is 7.32. The molecule has 29 heavy (non-hydrogen) atoms. The van der Waals surface area contributed by atoms with Gasteiger partial charge >= 0.3 is 5.69 Å². The number of imidazole rings is 1. The second-order valence-corrected chi connectivity index (χ2v) is 7.80. The lowest BCUT2D eigenvalue weighted by Gasteiger charge is -2.37. The van der Waals surface area contributed by atoms with Gasteiger partial charge in [-0.15, -0.1) is 0 Å². The molecular weight excluding hydrogens is 370 g/mol. The molecule has 2 aliphatic heterocycles. The fourth-order valence-corrected chi connectivity index (χ4v) is 4.49. The van der Waals surface area contributed by atoms with Crippen molar-refractivity contribution in [3.8, 4) is 5.75 Å². The summed E-state index contributed by atoms with van der Waals surface area (Å²) in [6.07, 6.45) is 3.27. The predicted molar refractivity (Wildman–Crippen MR) is 109 cm³/mol. The highest BCUT2D eigenvalue weighted by Gasteiger charge is 2.48. The van der Waals surface area contributed by atoms with Gasteiger partial charge in [0.15, 0.2) is 5.65 Å². The average Bonchev–Trinajstić information content (AvgIpc) is 3.17.